The molecule has 0 unspecified atom stereocenters. The lowest BCUT2D eigenvalue weighted by Gasteiger charge is -2.25. The highest BCUT2D eigenvalue weighted by Crippen LogP contribution is 2.35. The molecule has 8 heteroatoms. The molecule has 1 amide bonds. The first-order valence-electron chi connectivity index (χ1n) is 11.2. The highest BCUT2D eigenvalue weighted by Gasteiger charge is 2.24. The monoisotopic (exact) mass is 439 g/mol. The second-order valence-corrected chi connectivity index (χ2v) is 8.55. The van der Waals surface area contributed by atoms with E-state index in [1.165, 1.54) is 12.8 Å². The molecule has 0 saturated heterocycles. The SMILES string of the molecule is Cc1nc2cccc(OC3CCC(=NC(=O)COC4CCCC4)CC3)c2c(N)c1C(=O)O. The fourth-order valence-corrected chi connectivity index (χ4v) is 4.59. The fraction of sp³-hybridized carbons (Fsp3) is 0.500. The van der Waals surface area contributed by atoms with Gasteiger partial charge in [0.15, 0.2) is 0 Å². The summed E-state index contributed by atoms with van der Waals surface area (Å²) < 4.78 is 11.9. The molecular weight excluding hydrogens is 410 g/mol. The molecule has 2 aliphatic carbocycles. The zero-order chi connectivity index (χ0) is 22.7. The largest absolute Gasteiger partial charge is 0.490 e. The molecule has 1 aromatic heterocycles. The Hall–Kier alpha value is -3.00. The summed E-state index contributed by atoms with van der Waals surface area (Å²) in [4.78, 5) is 32.4. The third kappa shape index (κ3) is 4.91. The molecule has 0 radical (unpaired) electrons. The number of aromatic nitrogens is 1. The fourth-order valence-electron chi connectivity index (χ4n) is 4.59. The molecule has 2 aliphatic rings. The van der Waals surface area contributed by atoms with Gasteiger partial charge in [0, 0.05) is 5.71 Å². The molecule has 2 fully saturated rings. The van der Waals surface area contributed by atoms with Crippen molar-refractivity contribution in [2.24, 2.45) is 4.99 Å². The van der Waals surface area contributed by atoms with Crippen LogP contribution in [-0.2, 0) is 9.53 Å². The summed E-state index contributed by atoms with van der Waals surface area (Å²) in [5.41, 5.74) is 8.24. The number of pyridine rings is 1. The van der Waals surface area contributed by atoms with Gasteiger partial charge in [-0.05, 0) is 57.6 Å². The van der Waals surface area contributed by atoms with Gasteiger partial charge in [-0.25, -0.2) is 9.79 Å². The molecule has 0 bridgehead atoms. The van der Waals surface area contributed by atoms with Crippen molar-refractivity contribution in [1.29, 1.82) is 0 Å². The second kappa shape index (κ2) is 9.65. The quantitative estimate of drug-likeness (QED) is 0.695. The van der Waals surface area contributed by atoms with Crippen molar-refractivity contribution in [3.63, 3.8) is 0 Å². The number of carbonyl (C=O) groups excluding carboxylic acids is 1. The van der Waals surface area contributed by atoms with Gasteiger partial charge in [0.05, 0.1) is 34.5 Å². The first-order valence-corrected chi connectivity index (χ1v) is 11.2. The minimum Gasteiger partial charge on any atom is -0.490 e. The summed E-state index contributed by atoms with van der Waals surface area (Å²) in [5, 5.41) is 10.0. The summed E-state index contributed by atoms with van der Waals surface area (Å²) in [6.07, 6.45) is 7.34. The van der Waals surface area contributed by atoms with Gasteiger partial charge in [-0.1, -0.05) is 18.9 Å². The zero-order valence-corrected chi connectivity index (χ0v) is 18.3. The van der Waals surface area contributed by atoms with E-state index in [9.17, 15) is 14.7 Å². The predicted molar refractivity (Wildman–Crippen MR) is 121 cm³/mol. The van der Waals surface area contributed by atoms with Crippen LogP contribution in [0, 0.1) is 6.92 Å². The molecular formula is C24H29N3O5. The molecule has 8 nitrogen and oxygen atoms in total. The number of rotatable bonds is 6. The Balaban J connectivity index is 1.40. The van der Waals surface area contributed by atoms with E-state index < -0.39 is 5.97 Å². The minimum absolute atomic E-state index is 0.00458. The lowest BCUT2D eigenvalue weighted by Crippen LogP contribution is -2.25. The van der Waals surface area contributed by atoms with E-state index in [0.29, 0.717) is 35.2 Å². The number of ether oxygens (including phenoxy) is 2. The summed E-state index contributed by atoms with van der Waals surface area (Å²) in [5.74, 6) is -0.790. The molecule has 0 aliphatic heterocycles. The van der Waals surface area contributed by atoms with Gasteiger partial charge in [0.2, 0.25) is 0 Å². The van der Waals surface area contributed by atoms with Gasteiger partial charge in [0.1, 0.15) is 17.9 Å². The maximum atomic E-state index is 12.1. The number of benzene rings is 1. The number of anilines is 1. The Labute approximate surface area is 186 Å². The minimum atomic E-state index is -1.11. The van der Waals surface area contributed by atoms with Crippen LogP contribution in [0.3, 0.4) is 0 Å². The number of carbonyl (C=O) groups is 2. The van der Waals surface area contributed by atoms with Crippen molar-refractivity contribution in [2.45, 2.75) is 70.5 Å². The number of aryl methyl sites for hydroxylation is 1. The number of hydrogen-bond acceptors (Lipinski definition) is 6. The van der Waals surface area contributed by atoms with Crippen LogP contribution in [0.4, 0.5) is 5.69 Å². The van der Waals surface area contributed by atoms with Crippen molar-refractivity contribution in [3.05, 3.63) is 29.5 Å². The number of fused-ring (bicyclic) bond motifs is 1. The number of nitrogen functional groups attached to an aromatic ring is 1. The molecule has 0 spiro atoms. The Morgan fingerprint density at radius 3 is 2.56 bits per heavy atom. The van der Waals surface area contributed by atoms with Gasteiger partial charge in [-0.15, -0.1) is 0 Å². The number of aromatic carboxylic acids is 1. The third-order valence-corrected chi connectivity index (χ3v) is 6.24. The molecule has 3 N–H and O–H groups in total. The third-order valence-electron chi connectivity index (χ3n) is 6.24. The van der Waals surface area contributed by atoms with E-state index in [4.69, 9.17) is 15.2 Å². The van der Waals surface area contributed by atoms with Gasteiger partial charge in [0.25, 0.3) is 5.91 Å². The molecule has 1 heterocycles. The molecule has 170 valence electrons. The van der Waals surface area contributed by atoms with Crippen LogP contribution < -0.4 is 10.5 Å². The molecule has 0 atom stereocenters. The van der Waals surface area contributed by atoms with Crippen LogP contribution in [-0.4, -0.2) is 46.5 Å². The Morgan fingerprint density at radius 1 is 1.16 bits per heavy atom. The summed E-state index contributed by atoms with van der Waals surface area (Å²) in [7, 11) is 0. The standard InChI is InChI=1S/C24H29N3O5/c1-14-21(24(29)30)23(25)22-18(26-14)7-4-8-19(22)32-17-11-9-15(10-12-17)27-20(28)13-31-16-5-2-3-6-16/h4,7-8,16-17H,2-3,5-6,9-13H2,1H3,(H2,25,26)(H,29,30). The van der Waals surface area contributed by atoms with E-state index in [2.05, 4.69) is 9.98 Å². The molecule has 1 aromatic carbocycles. The van der Waals surface area contributed by atoms with Crippen molar-refractivity contribution in [2.75, 3.05) is 12.3 Å². The van der Waals surface area contributed by atoms with Crippen molar-refractivity contribution in [3.8, 4) is 5.75 Å². The Bertz CT molecular complexity index is 1050. The average molecular weight is 440 g/mol. The maximum Gasteiger partial charge on any atom is 0.339 e. The van der Waals surface area contributed by atoms with Gasteiger partial charge in [-0.2, -0.15) is 0 Å². The summed E-state index contributed by atoms with van der Waals surface area (Å²) >= 11 is 0. The number of nitrogens with two attached hydrogens (primary N) is 1. The lowest BCUT2D eigenvalue weighted by atomic mass is 9.95. The van der Waals surface area contributed by atoms with E-state index in [0.717, 1.165) is 31.4 Å². The highest BCUT2D eigenvalue weighted by molar-refractivity contribution is 6.06. The number of hydrogen-bond donors (Lipinski definition) is 2. The smallest absolute Gasteiger partial charge is 0.339 e. The Morgan fingerprint density at radius 2 is 1.88 bits per heavy atom. The van der Waals surface area contributed by atoms with Crippen LogP contribution in [0.1, 0.15) is 67.4 Å². The number of aliphatic imine (C=N–C) groups is 1. The number of amides is 1. The van der Waals surface area contributed by atoms with E-state index in [-0.39, 0.29) is 36.0 Å². The van der Waals surface area contributed by atoms with Crippen LogP contribution in [0.5, 0.6) is 5.75 Å². The summed E-state index contributed by atoms with van der Waals surface area (Å²) in [6.45, 7) is 1.69. The number of nitrogens with zero attached hydrogens (tertiary/aromatic N) is 2. The van der Waals surface area contributed by atoms with Crippen LogP contribution in [0.15, 0.2) is 23.2 Å². The van der Waals surface area contributed by atoms with Crippen LogP contribution in [0.2, 0.25) is 0 Å². The second-order valence-electron chi connectivity index (χ2n) is 8.55. The van der Waals surface area contributed by atoms with Crippen molar-refractivity contribution in [1.82, 2.24) is 4.98 Å². The van der Waals surface area contributed by atoms with Gasteiger partial charge in [-0.3, -0.25) is 9.78 Å². The number of carboxylic acid groups (broad SMARTS) is 1. The van der Waals surface area contributed by atoms with E-state index >= 15 is 0 Å². The van der Waals surface area contributed by atoms with Crippen molar-refractivity contribution >= 4 is 34.2 Å². The topological polar surface area (TPSA) is 124 Å². The lowest BCUT2D eigenvalue weighted by molar-refractivity contribution is -0.124. The molecule has 2 saturated carbocycles. The maximum absolute atomic E-state index is 12.1. The first-order chi connectivity index (χ1) is 15.4. The zero-order valence-electron chi connectivity index (χ0n) is 18.3. The number of carboxylic acids is 1. The van der Waals surface area contributed by atoms with Gasteiger partial charge < -0.3 is 20.3 Å². The predicted octanol–water partition coefficient (Wildman–Crippen LogP) is 4.07. The molecule has 2 aromatic rings. The highest BCUT2D eigenvalue weighted by atomic mass is 16.5. The van der Waals surface area contributed by atoms with Crippen LogP contribution >= 0.6 is 0 Å². The summed E-state index contributed by atoms with van der Waals surface area (Å²) in [6, 6.07) is 5.40. The van der Waals surface area contributed by atoms with E-state index in [1.807, 2.05) is 6.07 Å². The van der Waals surface area contributed by atoms with Gasteiger partial charge >= 0.3 is 5.97 Å². The first kappa shape index (κ1) is 22.2. The van der Waals surface area contributed by atoms with E-state index in [1.54, 1.807) is 19.1 Å². The Kier molecular flexibility index (Phi) is 6.69. The normalized spacial score (nSPS) is 19.3. The van der Waals surface area contributed by atoms with Crippen molar-refractivity contribution < 1.29 is 24.2 Å². The average Bonchev–Trinajstić information content (AvgIpc) is 3.27. The van der Waals surface area contributed by atoms with Crippen LogP contribution in [0.25, 0.3) is 10.9 Å². The molecule has 32 heavy (non-hydrogen) atoms. The molecule has 4 rings (SSSR count).